The Hall–Kier alpha value is -0.900. The summed E-state index contributed by atoms with van der Waals surface area (Å²) in [5, 5.41) is 4.97. The Labute approximate surface area is 118 Å². The summed E-state index contributed by atoms with van der Waals surface area (Å²) in [7, 11) is 0. The standard InChI is InChI=1S/C16H21NOS/c1-12(17-11-16(2)8-5-9-18-16)15-10-13-6-3-4-7-14(13)19-15/h3-4,6-7,10,12,17H,5,8-9,11H2,1-2H3. The van der Waals surface area contributed by atoms with Gasteiger partial charge in [-0.15, -0.1) is 11.3 Å². The summed E-state index contributed by atoms with van der Waals surface area (Å²) in [6, 6.07) is 11.3. The number of nitrogens with one attached hydrogen (secondary N) is 1. The van der Waals surface area contributed by atoms with Crippen molar-refractivity contribution in [3.63, 3.8) is 0 Å². The molecule has 1 aliphatic heterocycles. The van der Waals surface area contributed by atoms with Gasteiger partial charge in [0.15, 0.2) is 0 Å². The maximum Gasteiger partial charge on any atom is 0.0779 e. The summed E-state index contributed by atoms with van der Waals surface area (Å²) in [4.78, 5) is 1.41. The Bertz CT molecular complexity index is 524. The topological polar surface area (TPSA) is 21.3 Å². The third-order valence-electron chi connectivity index (χ3n) is 3.95. The van der Waals surface area contributed by atoms with Crippen molar-refractivity contribution >= 4 is 21.4 Å². The molecule has 0 aliphatic carbocycles. The van der Waals surface area contributed by atoms with Gasteiger partial charge in [-0.2, -0.15) is 0 Å². The summed E-state index contributed by atoms with van der Waals surface area (Å²) in [6.07, 6.45) is 2.36. The Kier molecular flexibility index (Phi) is 3.61. The number of fused-ring (bicyclic) bond motifs is 1. The number of rotatable bonds is 4. The van der Waals surface area contributed by atoms with Gasteiger partial charge in [0.2, 0.25) is 0 Å². The van der Waals surface area contributed by atoms with Crippen molar-refractivity contribution in [3.8, 4) is 0 Å². The van der Waals surface area contributed by atoms with Crippen LogP contribution in [0.25, 0.3) is 10.1 Å². The Morgan fingerprint density at radius 3 is 3.00 bits per heavy atom. The van der Waals surface area contributed by atoms with Gasteiger partial charge in [0.1, 0.15) is 0 Å². The van der Waals surface area contributed by atoms with Crippen molar-refractivity contribution in [1.82, 2.24) is 5.32 Å². The predicted octanol–water partition coefficient (Wildman–Crippen LogP) is 4.12. The molecule has 2 aromatic rings. The van der Waals surface area contributed by atoms with Crippen molar-refractivity contribution in [2.24, 2.45) is 0 Å². The molecule has 2 unspecified atom stereocenters. The van der Waals surface area contributed by atoms with Gasteiger partial charge in [-0.25, -0.2) is 0 Å². The van der Waals surface area contributed by atoms with Gasteiger partial charge in [-0.1, -0.05) is 18.2 Å². The monoisotopic (exact) mass is 275 g/mol. The SMILES string of the molecule is CC(NCC1(C)CCCO1)c1cc2ccccc2s1. The fourth-order valence-electron chi connectivity index (χ4n) is 2.66. The van der Waals surface area contributed by atoms with E-state index in [1.54, 1.807) is 0 Å². The van der Waals surface area contributed by atoms with Gasteiger partial charge in [0, 0.05) is 28.8 Å². The Morgan fingerprint density at radius 1 is 1.42 bits per heavy atom. The first kappa shape index (κ1) is 13.1. The van der Waals surface area contributed by atoms with Gasteiger partial charge in [-0.05, 0) is 44.2 Å². The van der Waals surface area contributed by atoms with E-state index in [4.69, 9.17) is 4.74 Å². The van der Waals surface area contributed by atoms with Crippen LogP contribution >= 0.6 is 11.3 Å². The van der Waals surface area contributed by atoms with E-state index < -0.39 is 0 Å². The quantitative estimate of drug-likeness (QED) is 0.906. The summed E-state index contributed by atoms with van der Waals surface area (Å²) >= 11 is 1.88. The average Bonchev–Trinajstić information content (AvgIpc) is 3.02. The summed E-state index contributed by atoms with van der Waals surface area (Å²) in [5.41, 5.74) is 0.0327. The molecule has 19 heavy (non-hydrogen) atoms. The lowest BCUT2D eigenvalue weighted by atomic mass is 10.0. The van der Waals surface area contributed by atoms with E-state index in [1.807, 2.05) is 11.3 Å². The molecule has 1 fully saturated rings. The van der Waals surface area contributed by atoms with Crippen LogP contribution in [0.2, 0.25) is 0 Å². The second kappa shape index (κ2) is 5.23. The molecule has 2 atom stereocenters. The largest absolute Gasteiger partial charge is 0.374 e. The zero-order valence-corrected chi connectivity index (χ0v) is 12.4. The first-order valence-electron chi connectivity index (χ1n) is 7.02. The third kappa shape index (κ3) is 2.83. The van der Waals surface area contributed by atoms with Crippen LogP contribution in [0.15, 0.2) is 30.3 Å². The predicted molar refractivity (Wildman–Crippen MR) is 81.8 cm³/mol. The molecule has 0 radical (unpaired) electrons. The van der Waals surface area contributed by atoms with Crippen LogP contribution in [0.3, 0.4) is 0 Å². The van der Waals surface area contributed by atoms with Crippen molar-refractivity contribution in [2.45, 2.75) is 38.3 Å². The minimum atomic E-state index is 0.0327. The maximum absolute atomic E-state index is 5.83. The molecule has 1 N–H and O–H groups in total. The molecule has 3 rings (SSSR count). The number of thiophene rings is 1. The minimum Gasteiger partial charge on any atom is -0.374 e. The summed E-state index contributed by atoms with van der Waals surface area (Å²) in [6.45, 7) is 6.30. The van der Waals surface area contributed by atoms with E-state index in [0.29, 0.717) is 6.04 Å². The molecule has 102 valence electrons. The first-order chi connectivity index (χ1) is 9.16. The lowest BCUT2D eigenvalue weighted by Gasteiger charge is -2.25. The number of benzene rings is 1. The summed E-state index contributed by atoms with van der Waals surface area (Å²) in [5.74, 6) is 0. The van der Waals surface area contributed by atoms with Crippen molar-refractivity contribution in [2.75, 3.05) is 13.2 Å². The normalized spacial score (nSPS) is 24.9. The highest BCUT2D eigenvalue weighted by atomic mass is 32.1. The zero-order valence-electron chi connectivity index (χ0n) is 11.6. The van der Waals surface area contributed by atoms with E-state index >= 15 is 0 Å². The molecule has 1 aromatic heterocycles. The minimum absolute atomic E-state index is 0.0327. The molecule has 2 heterocycles. The lowest BCUT2D eigenvalue weighted by molar-refractivity contribution is 0.0192. The van der Waals surface area contributed by atoms with Gasteiger partial charge in [0.25, 0.3) is 0 Å². The van der Waals surface area contributed by atoms with Crippen molar-refractivity contribution in [1.29, 1.82) is 0 Å². The van der Waals surface area contributed by atoms with E-state index in [-0.39, 0.29) is 5.60 Å². The third-order valence-corrected chi connectivity index (χ3v) is 5.25. The smallest absolute Gasteiger partial charge is 0.0779 e. The highest BCUT2D eigenvalue weighted by Gasteiger charge is 2.29. The van der Waals surface area contributed by atoms with Crippen molar-refractivity contribution < 1.29 is 4.74 Å². The van der Waals surface area contributed by atoms with Crippen LogP contribution in [0.4, 0.5) is 0 Å². The van der Waals surface area contributed by atoms with E-state index in [9.17, 15) is 0 Å². The number of hydrogen-bond donors (Lipinski definition) is 1. The molecular weight excluding hydrogens is 254 g/mol. The molecule has 3 heteroatoms. The van der Waals surface area contributed by atoms with Gasteiger partial charge < -0.3 is 10.1 Å². The molecule has 0 bridgehead atoms. The molecular formula is C16H21NOS. The van der Waals surface area contributed by atoms with Crippen LogP contribution in [0.5, 0.6) is 0 Å². The molecule has 0 spiro atoms. The second-order valence-corrected chi connectivity index (χ2v) is 6.81. The van der Waals surface area contributed by atoms with Crippen LogP contribution in [0.1, 0.15) is 37.6 Å². The van der Waals surface area contributed by atoms with Gasteiger partial charge in [-0.3, -0.25) is 0 Å². The number of ether oxygens (including phenoxy) is 1. The molecule has 0 amide bonds. The maximum atomic E-state index is 5.83. The highest BCUT2D eigenvalue weighted by molar-refractivity contribution is 7.19. The Morgan fingerprint density at radius 2 is 2.26 bits per heavy atom. The average molecular weight is 275 g/mol. The Balaban J connectivity index is 1.68. The first-order valence-corrected chi connectivity index (χ1v) is 7.84. The molecule has 0 saturated carbocycles. The van der Waals surface area contributed by atoms with Crippen LogP contribution in [-0.2, 0) is 4.74 Å². The van der Waals surface area contributed by atoms with E-state index in [0.717, 1.165) is 13.2 Å². The molecule has 1 saturated heterocycles. The second-order valence-electron chi connectivity index (χ2n) is 5.69. The number of hydrogen-bond acceptors (Lipinski definition) is 3. The van der Waals surface area contributed by atoms with E-state index in [2.05, 4.69) is 49.5 Å². The van der Waals surface area contributed by atoms with Gasteiger partial charge in [0.05, 0.1) is 5.60 Å². The molecule has 1 aromatic carbocycles. The van der Waals surface area contributed by atoms with Gasteiger partial charge >= 0.3 is 0 Å². The fraction of sp³-hybridized carbons (Fsp3) is 0.500. The fourth-order valence-corrected chi connectivity index (χ4v) is 3.75. The zero-order chi connectivity index (χ0) is 13.3. The summed E-state index contributed by atoms with van der Waals surface area (Å²) < 4.78 is 7.20. The highest BCUT2D eigenvalue weighted by Crippen LogP contribution is 2.30. The van der Waals surface area contributed by atoms with Crippen LogP contribution in [0, 0.1) is 0 Å². The van der Waals surface area contributed by atoms with Crippen molar-refractivity contribution in [3.05, 3.63) is 35.2 Å². The molecule has 1 aliphatic rings. The lowest BCUT2D eigenvalue weighted by Crippen LogP contribution is -2.38. The van der Waals surface area contributed by atoms with Crippen LogP contribution in [-0.4, -0.2) is 18.8 Å². The van der Waals surface area contributed by atoms with E-state index in [1.165, 1.54) is 27.8 Å². The molecule has 2 nitrogen and oxygen atoms in total. The van der Waals surface area contributed by atoms with Crippen LogP contribution < -0.4 is 5.32 Å².